The highest BCUT2D eigenvalue weighted by molar-refractivity contribution is 7.99. The number of hydrogen-bond acceptors (Lipinski definition) is 5. The highest BCUT2D eigenvalue weighted by atomic mass is 35.5. The van der Waals surface area contributed by atoms with Gasteiger partial charge < -0.3 is 4.90 Å². The minimum atomic E-state index is -0.0447. The van der Waals surface area contributed by atoms with Crippen molar-refractivity contribution in [1.82, 2.24) is 9.55 Å². The van der Waals surface area contributed by atoms with Gasteiger partial charge in [0.05, 0.1) is 34.8 Å². The van der Waals surface area contributed by atoms with Crippen LogP contribution in [0.25, 0.3) is 15.9 Å². The molecular weight excluding hydrogens is 498 g/mol. The molecule has 5 nitrogen and oxygen atoms in total. The van der Waals surface area contributed by atoms with Crippen molar-refractivity contribution in [2.24, 2.45) is 0 Å². The van der Waals surface area contributed by atoms with E-state index in [2.05, 4.69) is 6.92 Å². The summed E-state index contributed by atoms with van der Waals surface area (Å²) in [5.74, 6) is 0.158. The zero-order chi connectivity index (χ0) is 24.5. The third-order valence-corrected chi connectivity index (χ3v) is 8.73. The molecule has 0 aliphatic carbocycles. The molecule has 180 valence electrons. The van der Waals surface area contributed by atoms with Gasteiger partial charge in [-0.3, -0.25) is 14.2 Å². The van der Waals surface area contributed by atoms with Crippen LogP contribution in [-0.2, 0) is 13.0 Å². The van der Waals surface area contributed by atoms with Gasteiger partial charge >= 0.3 is 0 Å². The number of Topliss-reactive ketones (excluding diaryl/α,β-unsaturated/α-hetero) is 1. The second-order valence-electron chi connectivity index (χ2n) is 8.95. The van der Waals surface area contributed by atoms with Crippen LogP contribution in [0.15, 0.2) is 58.5 Å². The van der Waals surface area contributed by atoms with Crippen LogP contribution in [0.4, 0.5) is 0 Å². The summed E-state index contributed by atoms with van der Waals surface area (Å²) in [6.07, 6.45) is 2.05. The van der Waals surface area contributed by atoms with Crippen molar-refractivity contribution in [3.05, 3.63) is 85.5 Å². The van der Waals surface area contributed by atoms with Crippen molar-refractivity contribution in [3.63, 3.8) is 0 Å². The minimum absolute atomic E-state index is 0.0271. The number of fused-ring (bicyclic) bond motifs is 3. The largest absolute Gasteiger partial charge is 0.330 e. The molecule has 0 saturated heterocycles. The zero-order valence-electron chi connectivity index (χ0n) is 19.8. The number of hydrogen-bond donors (Lipinski definition) is 1. The summed E-state index contributed by atoms with van der Waals surface area (Å²) in [4.78, 5) is 35.4. The summed E-state index contributed by atoms with van der Waals surface area (Å²) in [6.45, 7) is 7.37. The first-order valence-corrected chi connectivity index (χ1v) is 14.0. The second-order valence-corrected chi connectivity index (χ2v) is 11.4. The van der Waals surface area contributed by atoms with Gasteiger partial charge in [-0.1, -0.05) is 48.0 Å². The van der Waals surface area contributed by atoms with Gasteiger partial charge in [0.25, 0.3) is 5.56 Å². The Balaban J connectivity index is 1.56. The minimum Gasteiger partial charge on any atom is -0.330 e. The molecule has 2 aromatic heterocycles. The van der Waals surface area contributed by atoms with Gasteiger partial charge in [0, 0.05) is 17.0 Å². The van der Waals surface area contributed by atoms with E-state index in [1.54, 1.807) is 45.1 Å². The fourth-order valence-corrected chi connectivity index (χ4v) is 6.96. The second kappa shape index (κ2) is 10.3. The van der Waals surface area contributed by atoms with Crippen LogP contribution in [0.5, 0.6) is 0 Å². The van der Waals surface area contributed by atoms with Gasteiger partial charge in [0.15, 0.2) is 10.9 Å². The highest BCUT2D eigenvalue weighted by Gasteiger charge is 2.27. The molecule has 1 atom stereocenters. The molecule has 0 amide bonds. The van der Waals surface area contributed by atoms with E-state index in [1.165, 1.54) is 16.6 Å². The summed E-state index contributed by atoms with van der Waals surface area (Å²) < 4.78 is 1.68. The lowest BCUT2D eigenvalue weighted by Gasteiger charge is -2.23. The number of ketones is 1. The summed E-state index contributed by atoms with van der Waals surface area (Å²) in [5, 5.41) is 1.88. The van der Waals surface area contributed by atoms with Gasteiger partial charge in [-0.25, -0.2) is 4.98 Å². The topological polar surface area (TPSA) is 56.4 Å². The van der Waals surface area contributed by atoms with Crippen molar-refractivity contribution in [2.45, 2.75) is 38.4 Å². The maximum atomic E-state index is 13.9. The van der Waals surface area contributed by atoms with E-state index < -0.39 is 0 Å². The van der Waals surface area contributed by atoms with Crippen LogP contribution in [0.1, 0.15) is 39.7 Å². The Bertz CT molecular complexity index is 1440. The molecule has 2 aromatic carbocycles. The highest BCUT2D eigenvalue weighted by Crippen LogP contribution is 2.32. The van der Waals surface area contributed by atoms with Crippen LogP contribution in [0.3, 0.4) is 0 Å². The predicted molar refractivity (Wildman–Crippen MR) is 145 cm³/mol. The standard InChI is InChI=1S/C27H26ClN3O2S2/c1-3-13-30-14-12-21-23(15-30)35-25-24(21)26(33)31(20-10-4-17(2)5-11-20)27(29-25)34-16-22(32)18-6-8-19(28)9-7-18/h4-11H,3,12-16H2,1-2H3/p+1. The normalized spacial score (nSPS) is 15.3. The lowest BCUT2D eigenvalue weighted by atomic mass is 10.1. The summed E-state index contributed by atoms with van der Waals surface area (Å²) in [6, 6.07) is 14.8. The summed E-state index contributed by atoms with van der Waals surface area (Å²) in [5.41, 5.74) is 3.60. The van der Waals surface area contributed by atoms with Gasteiger partial charge in [0.2, 0.25) is 0 Å². The number of nitrogens with zero attached hydrogens (tertiary/aromatic N) is 2. The molecule has 0 saturated carbocycles. The number of quaternary nitrogens is 1. The Morgan fingerprint density at radius 3 is 2.63 bits per heavy atom. The Kier molecular flexibility index (Phi) is 7.12. The lowest BCUT2D eigenvalue weighted by Crippen LogP contribution is -3.11. The molecule has 1 N–H and O–H groups in total. The third kappa shape index (κ3) is 4.96. The number of rotatable bonds is 7. The van der Waals surface area contributed by atoms with Gasteiger partial charge in [-0.2, -0.15) is 0 Å². The molecule has 0 bridgehead atoms. The molecule has 1 unspecified atom stereocenters. The number of thioether (sulfide) groups is 1. The van der Waals surface area contributed by atoms with Crippen molar-refractivity contribution in [2.75, 3.05) is 18.8 Å². The van der Waals surface area contributed by atoms with E-state index in [0.717, 1.165) is 59.5 Å². The van der Waals surface area contributed by atoms with E-state index in [9.17, 15) is 9.59 Å². The quantitative estimate of drug-likeness (QED) is 0.216. The SMILES string of the molecule is CCC[NH+]1CCc2c(sc3nc(SCC(=O)c4ccc(Cl)cc4)n(-c4ccc(C)cc4)c(=O)c23)C1. The maximum Gasteiger partial charge on any atom is 0.267 e. The first kappa shape index (κ1) is 24.3. The average Bonchev–Trinajstić information content (AvgIpc) is 3.22. The summed E-state index contributed by atoms with van der Waals surface area (Å²) >= 11 is 8.91. The number of aryl methyl sites for hydroxylation is 1. The summed E-state index contributed by atoms with van der Waals surface area (Å²) in [7, 11) is 0. The van der Waals surface area contributed by atoms with E-state index in [0.29, 0.717) is 15.7 Å². The van der Waals surface area contributed by atoms with Crippen molar-refractivity contribution in [1.29, 1.82) is 0 Å². The molecule has 1 aliphatic rings. The molecule has 0 fully saturated rings. The van der Waals surface area contributed by atoms with Crippen molar-refractivity contribution >= 4 is 50.7 Å². The number of nitrogens with one attached hydrogen (secondary N) is 1. The Labute approximate surface area is 217 Å². The molecule has 0 radical (unpaired) electrons. The third-order valence-electron chi connectivity index (χ3n) is 6.41. The molecule has 35 heavy (non-hydrogen) atoms. The zero-order valence-corrected chi connectivity index (χ0v) is 22.2. The maximum absolute atomic E-state index is 13.9. The molecule has 0 spiro atoms. The first-order chi connectivity index (χ1) is 16.9. The predicted octanol–water partition coefficient (Wildman–Crippen LogP) is 4.74. The Morgan fingerprint density at radius 1 is 1.17 bits per heavy atom. The fourth-order valence-electron chi connectivity index (χ4n) is 4.59. The van der Waals surface area contributed by atoms with Gasteiger partial charge in [-0.05, 0) is 55.3 Å². The molecule has 5 rings (SSSR count). The lowest BCUT2D eigenvalue weighted by molar-refractivity contribution is -0.915. The Hall–Kier alpha value is -2.45. The Morgan fingerprint density at radius 2 is 1.91 bits per heavy atom. The molecule has 3 heterocycles. The molecule has 1 aliphatic heterocycles. The van der Waals surface area contributed by atoms with Crippen LogP contribution in [0, 0.1) is 6.92 Å². The molecule has 4 aromatic rings. The molecular formula is C27H27ClN3O2S2+. The smallest absolute Gasteiger partial charge is 0.267 e. The number of carbonyl (C=O) groups is 1. The number of thiophene rings is 1. The number of aromatic nitrogens is 2. The first-order valence-electron chi connectivity index (χ1n) is 11.8. The monoisotopic (exact) mass is 524 g/mol. The fraction of sp³-hybridized carbons (Fsp3) is 0.296. The number of halogens is 1. The van der Waals surface area contributed by atoms with E-state index in [4.69, 9.17) is 16.6 Å². The molecule has 8 heteroatoms. The van der Waals surface area contributed by atoms with E-state index in [-0.39, 0.29) is 17.1 Å². The van der Waals surface area contributed by atoms with Crippen LogP contribution in [0.2, 0.25) is 5.02 Å². The van der Waals surface area contributed by atoms with Crippen LogP contribution in [-0.4, -0.2) is 34.2 Å². The average molecular weight is 525 g/mol. The van der Waals surface area contributed by atoms with Crippen molar-refractivity contribution < 1.29 is 9.69 Å². The van der Waals surface area contributed by atoms with Gasteiger partial charge in [-0.15, -0.1) is 11.3 Å². The van der Waals surface area contributed by atoms with Crippen LogP contribution >= 0.6 is 34.7 Å². The van der Waals surface area contributed by atoms with E-state index in [1.807, 2.05) is 31.2 Å². The number of benzene rings is 2. The van der Waals surface area contributed by atoms with Crippen molar-refractivity contribution in [3.8, 4) is 5.69 Å². The van der Waals surface area contributed by atoms with Crippen LogP contribution < -0.4 is 10.5 Å². The number of carbonyl (C=O) groups excluding carboxylic acids is 1. The van der Waals surface area contributed by atoms with Gasteiger partial charge in [0.1, 0.15) is 11.4 Å². The van der Waals surface area contributed by atoms with E-state index >= 15 is 0 Å².